The van der Waals surface area contributed by atoms with Crippen molar-refractivity contribution >= 4 is 70.7 Å². The summed E-state index contributed by atoms with van der Waals surface area (Å²) in [6.07, 6.45) is 0. The van der Waals surface area contributed by atoms with Crippen LogP contribution in [0.4, 0.5) is 17.1 Å². The number of thiophene rings is 1. The van der Waals surface area contributed by atoms with Crippen LogP contribution in [0.25, 0.3) is 85.5 Å². The molecule has 2 aliphatic carbocycles. The summed E-state index contributed by atoms with van der Waals surface area (Å²) in [5.74, 6) is 0. The Morgan fingerprint density at radius 2 is 1.11 bits per heavy atom. The normalized spacial score (nSPS) is 13.3. The van der Waals surface area contributed by atoms with Crippen molar-refractivity contribution in [3.05, 3.63) is 181 Å². The molecule has 0 bridgehead atoms. The fourth-order valence-electron chi connectivity index (χ4n) is 9.36. The molecule has 2 heterocycles. The third-order valence-electron chi connectivity index (χ3n) is 12.1. The van der Waals surface area contributed by atoms with Gasteiger partial charge in [0.2, 0.25) is 0 Å². The zero-order chi connectivity index (χ0) is 37.1. The number of aromatic nitrogens is 1. The van der Waals surface area contributed by atoms with Gasteiger partial charge in [0.05, 0.1) is 10.6 Å². The van der Waals surface area contributed by atoms with E-state index in [0.29, 0.717) is 0 Å². The van der Waals surface area contributed by atoms with Gasteiger partial charge in [0.1, 0.15) is 5.01 Å². The van der Waals surface area contributed by atoms with E-state index in [1.54, 1.807) is 11.3 Å². The molecule has 0 amide bonds. The molecule has 8 aromatic carbocycles. The summed E-state index contributed by atoms with van der Waals surface area (Å²) >= 11 is 3.67. The summed E-state index contributed by atoms with van der Waals surface area (Å²) in [6, 6.07) is 62.7. The molecule has 2 nitrogen and oxygen atoms in total. The van der Waals surface area contributed by atoms with Crippen molar-refractivity contribution in [1.29, 1.82) is 0 Å². The van der Waals surface area contributed by atoms with Crippen LogP contribution in [0, 0.1) is 0 Å². The molecule has 0 spiro atoms. The maximum atomic E-state index is 5.18. The summed E-state index contributed by atoms with van der Waals surface area (Å²) < 4.78 is 2.62. The Morgan fingerprint density at radius 3 is 2.00 bits per heavy atom. The van der Waals surface area contributed by atoms with Crippen LogP contribution in [0.3, 0.4) is 0 Å². The summed E-state index contributed by atoms with van der Waals surface area (Å²) in [5, 5.41) is 6.28. The Labute approximate surface area is 333 Å². The standard InChI is InChI=1S/C52H34N2S2/c1-52(2)44-17-8-6-13-37(44)38-25-23-34(29-45(38)52)54(35-24-26-40-39-14-7-9-18-46(39)55-47(40)30-35)33-21-19-31(20-22-33)36-27-28-42-48-41(36)15-10-16-43(48)50-49(42)53-51(56-50)32-11-4-3-5-12-32/h3-30H,1-2H3. The van der Waals surface area contributed by atoms with Gasteiger partial charge in [-0.15, -0.1) is 22.7 Å². The highest BCUT2D eigenvalue weighted by Crippen LogP contribution is 2.54. The van der Waals surface area contributed by atoms with Crippen molar-refractivity contribution < 1.29 is 0 Å². The number of thiazole rings is 1. The van der Waals surface area contributed by atoms with Crippen LogP contribution in [0.2, 0.25) is 0 Å². The molecule has 12 rings (SSSR count). The van der Waals surface area contributed by atoms with E-state index in [0.717, 1.165) is 27.8 Å². The van der Waals surface area contributed by atoms with Gasteiger partial charge < -0.3 is 4.90 Å². The number of hydrogen-bond acceptors (Lipinski definition) is 4. The van der Waals surface area contributed by atoms with Gasteiger partial charge >= 0.3 is 0 Å². The molecule has 2 aliphatic rings. The quantitative estimate of drug-likeness (QED) is 0.174. The molecule has 4 heteroatoms. The third kappa shape index (κ3) is 4.57. The van der Waals surface area contributed by atoms with E-state index in [4.69, 9.17) is 4.98 Å². The summed E-state index contributed by atoms with van der Waals surface area (Å²) in [5.41, 5.74) is 16.0. The molecule has 0 aliphatic heterocycles. The Balaban J connectivity index is 0.975. The van der Waals surface area contributed by atoms with Gasteiger partial charge in [-0.2, -0.15) is 0 Å². The lowest BCUT2D eigenvalue weighted by Crippen LogP contribution is -2.16. The first kappa shape index (κ1) is 32.0. The molecule has 0 N–H and O–H groups in total. The lowest BCUT2D eigenvalue weighted by molar-refractivity contribution is 0.660. The predicted molar refractivity (Wildman–Crippen MR) is 240 cm³/mol. The molecule has 0 fully saturated rings. The molecule has 0 radical (unpaired) electrons. The van der Waals surface area contributed by atoms with Crippen molar-refractivity contribution in [3.63, 3.8) is 0 Å². The van der Waals surface area contributed by atoms with E-state index < -0.39 is 0 Å². The molecule has 0 saturated heterocycles. The van der Waals surface area contributed by atoms with Gasteiger partial charge in [-0.3, -0.25) is 0 Å². The van der Waals surface area contributed by atoms with Crippen LogP contribution < -0.4 is 4.90 Å². The minimum atomic E-state index is -0.0926. The molecule has 56 heavy (non-hydrogen) atoms. The molecule has 0 saturated carbocycles. The smallest absolute Gasteiger partial charge is 0.124 e. The van der Waals surface area contributed by atoms with E-state index in [1.807, 2.05) is 11.3 Å². The Kier molecular flexibility index (Phi) is 6.76. The van der Waals surface area contributed by atoms with E-state index in [2.05, 4.69) is 189 Å². The third-order valence-corrected chi connectivity index (χ3v) is 14.3. The minimum absolute atomic E-state index is 0.0926. The Hall–Kier alpha value is -6.33. The van der Waals surface area contributed by atoms with Gasteiger partial charge in [0, 0.05) is 64.7 Å². The second-order valence-corrected chi connectivity index (χ2v) is 17.6. The molecule has 2 aromatic heterocycles. The SMILES string of the molecule is CC1(C)c2ccccc2-c2ccc(N(c3ccc(-c4ccc5c6c(cccc46)-c4sc(-c6ccccc6)nc4-5)cc3)c3ccc4c(c3)sc3ccccc34)cc21. The second kappa shape index (κ2) is 11.8. The number of rotatable bonds is 5. The molecule has 0 unspecified atom stereocenters. The average Bonchev–Trinajstić information content (AvgIpc) is 3.98. The average molecular weight is 751 g/mol. The Bertz CT molecular complexity index is 3190. The van der Waals surface area contributed by atoms with Crippen LogP contribution in [-0.2, 0) is 5.41 Å². The van der Waals surface area contributed by atoms with E-state index in [9.17, 15) is 0 Å². The van der Waals surface area contributed by atoms with Crippen molar-refractivity contribution in [3.8, 4) is 54.5 Å². The number of benzene rings is 8. The number of hydrogen-bond donors (Lipinski definition) is 0. The molecule has 10 aromatic rings. The topological polar surface area (TPSA) is 16.1 Å². The van der Waals surface area contributed by atoms with Crippen molar-refractivity contribution in [2.75, 3.05) is 4.90 Å². The first-order valence-electron chi connectivity index (χ1n) is 19.2. The minimum Gasteiger partial charge on any atom is -0.310 e. The second-order valence-electron chi connectivity index (χ2n) is 15.5. The van der Waals surface area contributed by atoms with Gasteiger partial charge in [-0.25, -0.2) is 4.98 Å². The number of anilines is 3. The highest BCUT2D eigenvalue weighted by Gasteiger charge is 2.36. The molecule has 264 valence electrons. The first-order chi connectivity index (χ1) is 27.5. The van der Waals surface area contributed by atoms with Crippen LogP contribution >= 0.6 is 22.7 Å². The highest BCUT2D eigenvalue weighted by molar-refractivity contribution is 7.25. The van der Waals surface area contributed by atoms with Crippen LogP contribution in [0.15, 0.2) is 170 Å². The monoisotopic (exact) mass is 750 g/mol. The van der Waals surface area contributed by atoms with E-state index >= 15 is 0 Å². The zero-order valence-corrected chi connectivity index (χ0v) is 32.5. The molecule has 0 atom stereocenters. The van der Waals surface area contributed by atoms with Gasteiger partial charge in [-0.05, 0) is 81.2 Å². The lowest BCUT2D eigenvalue weighted by Gasteiger charge is -2.28. The zero-order valence-electron chi connectivity index (χ0n) is 30.9. The fourth-order valence-corrected chi connectivity index (χ4v) is 11.6. The molecular weight excluding hydrogens is 717 g/mol. The highest BCUT2D eigenvalue weighted by atomic mass is 32.1. The summed E-state index contributed by atoms with van der Waals surface area (Å²) in [6.45, 7) is 4.72. The van der Waals surface area contributed by atoms with Gasteiger partial charge in [0.15, 0.2) is 0 Å². The van der Waals surface area contributed by atoms with Crippen molar-refractivity contribution in [1.82, 2.24) is 4.98 Å². The maximum Gasteiger partial charge on any atom is 0.124 e. The fraction of sp³-hybridized carbons (Fsp3) is 0.0577. The van der Waals surface area contributed by atoms with Crippen LogP contribution in [-0.4, -0.2) is 4.98 Å². The van der Waals surface area contributed by atoms with Crippen LogP contribution in [0.5, 0.6) is 0 Å². The largest absolute Gasteiger partial charge is 0.310 e. The maximum absolute atomic E-state index is 5.18. The van der Waals surface area contributed by atoms with E-state index in [-0.39, 0.29) is 5.41 Å². The molecular formula is C52H34N2S2. The predicted octanol–water partition coefficient (Wildman–Crippen LogP) is 15.4. The van der Waals surface area contributed by atoms with E-state index in [1.165, 1.54) is 85.9 Å². The van der Waals surface area contributed by atoms with Crippen molar-refractivity contribution in [2.45, 2.75) is 19.3 Å². The van der Waals surface area contributed by atoms with Gasteiger partial charge in [-0.1, -0.05) is 141 Å². The van der Waals surface area contributed by atoms with Crippen molar-refractivity contribution in [2.24, 2.45) is 0 Å². The summed E-state index contributed by atoms with van der Waals surface area (Å²) in [4.78, 5) is 8.89. The first-order valence-corrected chi connectivity index (χ1v) is 20.8. The lowest BCUT2D eigenvalue weighted by atomic mass is 9.82. The summed E-state index contributed by atoms with van der Waals surface area (Å²) in [7, 11) is 0. The Morgan fingerprint density at radius 1 is 0.446 bits per heavy atom. The van der Waals surface area contributed by atoms with Crippen LogP contribution in [0.1, 0.15) is 25.0 Å². The number of fused-ring (bicyclic) bond motifs is 9. The number of nitrogens with zero attached hydrogens (tertiary/aromatic N) is 2. The van der Waals surface area contributed by atoms with Gasteiger partial charge in [0.25, 0.3) is 0 Å².